The second-order valence-electron chi connectivity index (χ2n) is 4.87. The van der Waals surface area contributed by atoms with Crippen LogP contribution in [0.3, 0.4) is 0 Å². The summed E-state index contributed by atoms with van der Waals surface area (Å²) in [5, 5.41) is 2.95. The Morgan fingerprint density at radius 3 is 3.00 bits per heavy atom. The molecular formula is C14H19BrN2O2. The van der Waals surface area contributed by atoms with Crippen LogP contribution in [0.2, 0.25) is 0 Å². The van der Waals surface area contributed by atoms with E-state index in [1.54, 1.807) is 7.11 Å². The van der Waals surface area contributed by atoms with Crippen LogP contribution in [-0.2, 0) is 4.79 Å². The highest BCUT2D eigenvalue weighted by molar-refractivity contribution is 9.10. The normalized spacial score (nSPS) is 22.3. The van der Waals surface area contributed by atoms with E-state index in [1.165, 1.54) is 0 Å². The lowest BCUT2D eigenvalue weighted by Crippen LogP contribution is -2.29. The molecule has 2 rings (SSSR count). The largest absolute Gasteiger partial charge is 0.495 e. The van der Waals surface area contributed by atoms with Gasteiger partial charge in [0, 0.05) is 17.7 Å². The van der Waals surface area contributed by atoms with Crippen LogP contribution in [0.15, 0.2) is 22.7 Å². The van der Waals surface area contributed by atoms with E-state index in [9.17, 15) is 4.79 Å². The van der Waals surface area contributed by atoms with Crippen molar-refractivity contribution in [3.05, 3.63) is 22.7 Å². The Kier molecular flexibility index (Phi) is 4.82. The van der Waals surface area contributed by atoms with E-state index in [2.05, 4.69) is 21.2 Å². The van der Waals surface area contributed by atoms with E-state index < -0.39 is 0 Å². The standard InChI is InChI=1S/C14H19BrN2O2/c1-19-13-7-10(5-6-12(13)15)17-14(18)11-4-2-3-9(11)8-16/h5-7,9,11H,2-4,8,16H2,1H3,(H,17,18). The van der Waals surface area contributed by atoms with Gasteiger partial charge in [-0.3, -0.25) is 4.79 Å². The molecule has 0 heterocycles. The molecule has 1 saturated carbocycles. The molecule has 104 valence electrons. The molecule has 0 spiro atoms. The topological polar surface area (TPSA) is 64.3 Å². The Hall–Kier alpha value is -1.07. The zero-order chi connectivity index (χ0) is 13.8. The number of carbonyl (C=O) groups is 1. The highest BCUT2D eigenvalue weighted by Crippen LogP contribution is 2.33. The number of anilines is 1. The van der Waals surface area contributed by atoms with Crippen LogP contribution in [0.4, 0.5) is 5.69 Å². The lowest BCUT2D eigenvalue weighted by molar-refractivity contribution is -0.120. The zero-order valence-electron chi connectivity index (χ0n) is 11.0. The predicted octanol–water partition coefficient (Wildman–Crippen LogP) is 2.77. The minimum Gasteiger partial charge on any atom is -0.495 e. The number of nitrogens with two attached hydrogens (primary N) is 1. The summed E-state index contributed by atoms with van der Waals surface area (Å²) in [7, 11) is 1.60. The van der Waals surface area contributed by atoms with Crippen molar-refractivity contribution in [1.29, 1.82) is 0 Å². The van der Waals surface area contributed by atoms with Gasteiger partial charge in [-0.05, 0) is 53.4 Å². The first-order chi connectivity index (χ1) is 9.15. The lowest BCUT2D eigenvalue weighted by Gasteiger charge is -2.17. The van der Waals surface area contributed by atoms with E-state index in [0.717, 1.165) is 29.4 Å². The van der Waals surface area contributed by atoms with E-state index in [1.807, 2.05) is 18.2 Å². The first-order valence-corrected chi connectivity index (χ1v) is 7.29. The Labute approximate surface area is 121 Å². The molecule has 1 aromatic carbocycles. The van der Waals surface area contributed by atoms with Crippen LogP contribution in [0.5, 0.6) is 5.75 Å². The molecule has 1 aliphatic rings. The average molecular weight is 327 g/mol. The molecule has 0 aromatic heterocycles. The molecule has 4 nitrogen and oxygen atoms in total. The summed E-state index contributed by atoms with van der Waals surface area (Å²) in [6.45, 7) is 0.585. The summed E-state index contributed by atoms with van der Waals surface area (Å²) in [4.78, 5) is 12.2. The number of methoxy groups -OCH3 is 1. The molecule has 1 fully saturated rings. The summed E-state index contributed by atoms with van der Waals surface area (Å²) in [6.07, 6.45) is 3.07. The summed E-state index contributed by atoms with van der Waals surface area (Å²) in [5.74, 6) is 1.13. The zero-order valence-corrected chi connectivity index (χ0v) is 12.6. The maximum absolute atomic E-state index is 12.2. The molecule has 2 unspecified atom stereocenters. The van der Waals surface area contributed by atoms with Gasteiger partial charge in [0.05, 0.1) is 11.6 Å². The van der Waals surface area contributed by atoms with E-state index >= 15 is 0 Å². The number of benzene rings is 1. The van der Waals surface area contributed by atoms with Gasteiger partial charge in [0.1, 0.15) is 5.75 Å². The van der Waals surface area contributed by atoms with Crippen molar-refractivity contribution in [3.8, 4) is 5.75 Å². The number of halogens is 1. The van der Waals surface area contributed by atoms with Crippen LogP contribution in [0, 0.1) is 11.8 Å². The van der Waals surface area contributed by atoms with Gasteiger partial charge >= 0.3 is 0 Å². The van der Waals surface area contributed by atoms with Gasteiger partial charge in [-0.2, -0.15) is 0 Å². The smallest absolute Gasteiger partial charge is 0.227 e. The molecule has 2 atom stereocenters. The molecule has 0 radical (unpaired) electrons. The van der Waals surface area contributed by atoms with Crippen LogP contribution in [-0.4, -0.2) is 19.6 Å². The Bertz CT molecular complexity index is 465. The van der Waals surface area contributed by atoms with Crippen molar-refractivity contribution >= 4 is 27.5 Å². The SMILES string of the molecule is COc1cc(NC(=O)C2CCCC2CN)ccc1Br. The fourth-order valence-electron chi connectivity index (χ4n) is 2.64. The average Bonchev–Trinajstić information content (AvgIpc) is 2.89. The van der Waals surface area contributed by atoms with Gasteiger partial charge in [-0.25, -0.2) is 0 Å². The van der Waals surface area contributed by atoms with Gasteiger partial charge < -0.3 is 15.8 Å². The van der Waals surface area contributed by atoms with Crippen LogP contribution >= 0.6 is 15.9 Å². The van der Waals surface area contributed by atoms with Crippen molar-refractivity contribution in [1.82, 2.24) is 0 Å². The number of nitrogens with one attached hydrogen (secondary N) is 1. The van der Waals surface area contributed by atoms with Crippen molar-refractivity contribution < 1.29 is 9.53 Å². The molecule has 1 amide bonds. The van der Waals surface area contributed by atoms with Crippen molar-refractivity contribution in [2.45, 2.75) is 19.3 Å². The van der Waals surface area contributed by atoms with Gasteiger partial charge in [0.15, 0.2) is 0 Å². The van der Waals surface area contributed by atoms with Crippen LogP contribution < -0.4 is 15.8 Å². The molecule has 0 aliphatic heterocycles. The van der Waals surface area contributed by atoms with Gasteiger partial charge in [0.2, 0.25) is 5.91 Å². The molecular weight excluding hydrogens is 308 g/mol. The van der Waals surface area contributed by atoms with Gasteiger partial charge in [-0.15, -0.1) is 0 Å². The highest BCUT2D eigenvalue weighted by atomic mass is 79.9. The molecule has 19 heavy (non-hydrogen) atoms. The van der Waals surface area contributed by atoms with Gasteiger partial charge in [-0.1, -0.05) is 6.42 Å². The van der Waals surface area contributed by atoms with Crippen molar-refractivity contribution in [3.63, 3.8) is 0 Å². The Morgan fingerprint density at radius 1 is 1.53 bits per heavy atom. The Morgan fingerprint density at radius 2 is 2.32 bits per heavy atom. The quantitative estimate of drug-likeness (QED) is 0.894. The van der Waals surface area contributed by atoms with E-state index in [4.69, 9.17) is 10.5 Å². The third-order valence-electron chi connectivity index (χ3n) is 3.72. The molecule has 1 aliphatic carbocycles. The number of hydrogen-bond acceptors (Lipinski definition) is 3. The minimum absolute atomic E-state index is 0.0413. The molecule has 5 heteroatoms. The van der Waals surface area contributed by atoms with Gasteiger partial charge in [0.25, 0.3) is 0 Å². The third kappa shape index (κ3) is 3.28. The number of amides is 1. The number of hydrogen-bond donors (Lipinski definition) is 2. The fourth-order valence-corrected chi connectivity index (χ4v) is 3.05. The van der Waals surface area contributed by atoms with Crippen molar-refractivity contribution in [2.24, 2.45) is 17.6 Å². The van der Waals surface area contributed by atoms with E-state index in [0.29, 0.717) is 18.2 Å². The minimum atomic E-state index is 0.0413. The lowest BCUT2D eigenvalue weighted by atomic mass is 9.95. The molecule has 0 saturated heterocycles. The number of rotatable bonds is 4. The summed E-state index contributed by atoms with van der Waals surface area (Å²) in [6, 6.07) is 5.54. The Balaban J connectivity index is 2.06. The molecule has 1 aromatic rings. The molecule has 0 bridgehead atoms. The first kappa shape index (κ1) is 14.3. The second-order valence-corrected chi connectivity index (χ2v) is 5.73. The fraction of sp³-hybridized carbons (Fsp3) is 0.500. The maximum Gasteiger partial charge on any atom is 0.227 e. The third-order valence-corrected chi connectivity index (χ3v) is 4.37. The maximum atomic E-state index is 12.2. The summed E-state index contributed by atoms with van der Waals surface area (Å²) < 4.78 is 6.09. The first-order valence-electron chi connectivity index (χ1n) is 6.50. The second kappa shape index (κ2) is 6.39. The molecule has 3 N–H and O–H groups in total. The monoisotopic (exact) mass is 326 g/mol. The number of ether oxygens (including phenoxy) is 1. The van der Waals surface area contributed by atoms with Crippen LogP contribution in [0.1, 0.15) is 19.3 Å². The highest BCUT2D eigenvalue weighted by Gasteiger charge is 2.31. The summed E-state index contributed by atoms with van der Waals surface area (Å²) >= 11 is 3.39. The van der Waals surface area contributed by atoms with Crippen LogP contribution in [0.25, 0.3) is 0 Å². The predicted molar refractivity (Wildman–Crippen MR) is 79.2 cm³/mol. The van der Waals surface area contributed by atoms with E-state index in [-0.39, 0.29) is 11.8 Å². The van der Waals surface area contributed by atoms with Crippen molar-refractivity contribution in [2.75, 3.05) is 19.0 Å². The number of carbonyl (C=O) groups excluding carboxylic acids is 1. The summed E-state index contributed by atoms with van der Waals surface area (Å²) in [5.41, 5.74) is 6.47.